The molecule has 0 aliphatic rings. The summed E-state index contributed by atoms with van der Waals surface area (Å²) in [5.74, 6) is 1.27. The van der Waals surface area contributed by atoms with E-state index in [0.29, 0.717) is 17.2 Å². The van der Waals surface area contributed by atoms with Crippen molar-refractivity contribution in [1.29, 1.82) is 0 Å². The van der Waals surface area contributed by atoms with Gasteiger partial charge < -0.3 is 14.2 Å². The van der Waals surface area contributed by atoms with E-state index in [4.69, 9.17) is 14.2 Å². The molecule has 5 heteroatoms. The van der Waals surface area contributed by atoms with Gasteiger partial charge in [0.25, 0.3) is 0 Å². The molecule has 0 bridgehead atoms. The number of hydrogen-bond acceptors (Lipinski definition) is 4. The monoisotopic (exact) mass is 365 g/mol. The third-order valence-electron chi connectivity index (χ3n) is 4.42. The van der Waals surface area contributed by atoms with Gasteiger partial charge in [-0.05, 0) is 37.4 Å². The highest BCUT2D eigenvalue weighted by atomic mass is 16.6. The minimum Gasteiger partial charge on any atom is -0.497 e. The lowest BCUT2D eigenvalue weighted by Gasteiger charge is -2.26. The molecule has 0 fully saturated rings. The average molecular weight is 365 g/mol. The summed E-state index contributed by atoms with van der Waals surface area (Å²) in [7, 11) is 3.17. The Kier molecular flexibility index (Phi) is 5.21. The lowest BCUT2D eigenvalue weighted by Crippen LogP contribution is -2.28. The van der Waals surface area contributed by atoms with Gasteiger partial charge >= 0.3 is 6.09 Å². The van der Waals surface area contributed by atoms with Crippen LogP contribution in [-0.2, 0) is 10.3 Å². The zero-order valence-corrected chi connectivity index (χ0v) is 15.9. The first kappa shape index (κ1) is 18.6. The SMILES string of the molecule is COc1cc(OC)cc(C(C)(C)OC(=O)Nc2cccc3ccccc23)c1. The van der Waals surface area contributed by atoms with Crippen molar-refractivity contribution in [2.75, 3.05) is 19.5 Å². The molecule has 0 aliphatic heterocycles. The summed E-state index contributed by atoms with van der Waals surface area (Å²) >= 11 is 0. The number of hydrogen-bond donors (Lipinski definition) is 1. The summed E-state index contributed by atoms with van der Waals surface area (Å²) in [5, 5.41) is 4.85. The van der Waals surface area contributed by atoms with E-state index in [1.54, 1.807) is 20.3 Å². The Bertz CT molecular complexity index is 938. The summed E-state index contributed by atoms with van der Waals surface area (Å²) in [4.78, 5) is 12.6. The van der Waals surface area contributed by atoms with Crippen molar-refractivity contribution in [2.24, 2.45) is 0 Å². The van der Waals surface area contributed by atoms with Gasteiger partial charge in [0.1, 0.15) is 17.1 Å². The van der Waals surface area contributed by atoms with E-state index in [1.165, 1.54) is 0 Å². The van der Waals surface area contributed by atoms with Crippen LogP contribution in [0.15, 0.2) is 60.7 Å². The van der Waals surface area contributed by atoms with Crippen LogP contribution in [0, 0.1) is 0 Å². The van der Waals surface area contributed by atoms with E-state index in [9.17, 15) is 4.79 Å². The van der Waals surface area contributed by atoms with Crippen molar-refractivity contribution in [3.8, 4) is 11.5 Å². The maximum atomic E-state index is 12.6. The highest BCUT2D eigenvalue weighted by Gasteiger charge is 2.27. The lowest BCUT2D eigenvalue weighted by molar-refractivity contribution is 0.0463. The van der Waals surface area contributed by atoms with Crippen molar-refractivity contribution >= 4 is 22.6 Å². The van der Waals surface area contributed by atoms with Crippen molar-refractivity contribution in [3.63, 3.8) is 0 Å². The van der Waals surface area contributed by atoms with Crippen LogP contribution in [0.3, 0.4) is 0 Å². The molecule has 0 atom stereocenters. The molecule has 0 radical (unpaired) electrons. The number of carbonyl (C=O) groups excluding carboxylic acids is 1. The molecular formula is C22H23NO4. The highest BCUT2D eigenvalue weighted by molar-refractivity contribution is 6.00. The molecule has 0 heterocycles. The Labute approximate surface area is 158 Å². The molecule has 0 unspecified atom stereocenters. The van der Waals surface area contributed by atoms with Gasteiger partial charge in [-0.15, -0.1) is 0 Å². The first-order valence-corrected chi connectivity index (χ1v) is 8.64. The maximum absolute atomic E-state index is 12.6. The Hall–Kier alpha value is -3.21. The standard InChI is InChI=1S/C22H23NO4/c1-22(2,16-12-17(25-3)14-18(13-16)26-4)27-21(24)23-20-11-7-9-15-8-5-6-10-19(15)20/h5-14H,1-4H3,(H,23,24). The number of methoxy groups -OCH3 is 2. The summed E-state index contributed by atoms with van der Waals surface area (Å²) in [6.45, 7) is 3.65. The molecule has 3 aromatic carbocycles. The molecule has 0 saturated carbocycles. The van der Waals surface area contributed by atoms with Crippen molar-refractivity contribution in [2.45, 2.75) is 19.4 Å². The Morgan fingerprint density at radius 2 is 1.52 bits per heavy atom. The number of fused-ring (bicyclic) bond motifs is 1. The van der Waals surface area contributed by atoms with Crippen LogP contribution in [-0.4, -0.2) is 20.3 Å². The zero-order valence-electron chi connectivity index (χ0n) is 15.9. The van der Waals surface area contributed by atoms with Gasteiger partial charge in [0, 0.05) is 17.0 Å². The molecule has 0 spiro atoms. The number of carbonyl (C=O) groups is 1. The second kappa shape index (κ2) is 7.58. The highest BCUT2D eigenvalue weighted by Crippen LogP contribution is 2.32. The minimum atomic E-state index is -0.878. The first-order chi connectivity index (χ1) is 12.9. The predicted octanol–water partition coefficient (Wildman–Crippen LogP) is 5.34. The molecule has 27 heavy (non-hydrogen) atoms. The normalized spacial score (nSPS) is 11.1. The van der Waals surface area contributed by atoms with E-state index in [0.717, 1.165) is 16.3 Å². The van der Waals surface area contributed by atoms with Crippen molar-refractivity contribution in [1.82, 2.24) is 0 Å². The number of amides is 1. The van der Waals surface area contributed by atoms with Gasteiger partial charge in [0.2, 0.25) is 0 Å². The number of benzene rings is 3. The fraction of sp³-hybridized carbons (Fsp3) is 0.227. The van der Waals surface area contributed by atoms with Gasteiger partial charge in [0.05, 0.1) is 19.9 Å². The topological polar surface area (TPSA) is 56.8 Å². The predicted molar refractivity (Wildman–Crippen MR) is 107 cm³/mol. The van der Waals surface area contributed by atoms with Crippen LogP contribution in [0.5, 0.6) is 11.5 Å². The minimum absolute atomic E-state index is 0.530. The Balaban J connectivity index is 1.82. The molecule has 0 saturated heterocycles. The van der Waals surface area contributed by atoms with E-state index in [-0.39, 0.29) is 0 Å². The Morgan fingerprint density at radius 1 is 0.889 bits per heavy atom. The number of ether oxygens (including phenoxy) is 3. The van der Waals surface area contributed by atoms with Gasteiger partial charge in [-0.3, -0.25) is 5.32 Å². The smallest absolute Gasteiger partial charge is 0.412 e. The molecule has 0 aliphatic carbocycles. The van der Waals surface area contributed by atoms with E-state index < -0.39 is 11.7 Å². The second-order valence-corrected chi connectivity index (χ2v) is 6.65. The maximum Gasteiger partial charge on any atom is 0.412 e. The first-order valence-electron chi connectivity index (χ1n) is 8.64. The summed E-state index contributed by atoms with van der Waals surface area (Å²) in [6, 6.07) is 19.0. The van der Waals surface area contributed by atoms with Gasteiger partial charge in [-0.1, -0.05) is 36.4 Å². The molecule has 1 amide bonds. The van der Waals surface area contributed by atoms with Gasteiger partial charge in [0.15, 0.2) is 0 Å². The summed E-state index contributed by atoms with van der Waals surface area (Å²) in [6.07, 6.45) is -0.530. The van der Waals surface area contributed by atoms with E-state index >= 15 is 0 Å². The molecule has 1 N–H and O–H groups in total. The third kappa shape index (κ3) is 4.14. The van der Waals surface area contributed by atoms with Gasteiger partial charge in [-0.25, -0.2) is 4.79 Å². The largest absolute Gasteiger partial charge is 0.497 e. The molecule has 140 valence electrons. The summed E-state index contributed by atoms with van der Waals surface area (Å²) < 4.78 is 16.3. The van der Waals surface area contributed by atoms with E-state index in [1.807, 2.05) is 68.4 Å². The second-order valence-electron chi connectivity index (χ2n) is 6.65. The Morgan fingerprint density at radius 3 is 2.19 bits per heavy atom. The molecular weight excluding hydrogens is 342 g/mol. The fourth-order valence-electron chi connectivity index (χ4n) is 2.92. The number of nitrogens with one attached hydrogen (secondary N) is 1. The van der Waals surface area contributed by atoms with E-state index in [2.05, 4.69) is 5.32 Å². The van der Waals surface area contributed by atoms with Gasteiger partial charge in [-0.2, -0.15) is 0 Å². The molecule has 3 rings (SSSR count). The van der Waals surface area contributed by atoms with Crippen LogP contribution in [0.4, 0.5) is 10.5 Å². The molecule has 5 nitrogen and oxygen atoms in total. The lowest BCUT2D eigenvalue weighted by atomic mass is 9.97. The summed E-state index contributed by atoms with van der Waals surface area (Å²) in [5.41, 5.74) is 0.597. The molecule has 3 aromatic rings. The zero-order chi connectivity index (χ0) is 19.4. The number of rotatable bonds is 5. The van der Waals surface area contributed by atoms with Crippen LogP contribution >= 0.6 is 0 Å². The quantitative estimate of drug-likeness (QED) is 0.663. The van der Waals surface area contributed by atoms with Crippen molar-refractivity contribution < 1.29 is 19.0 Å². The number of anilines is 1. The van der Waals surface area contributed by atoms with Crippen molar-refractivity contribution in [3.05, 3.63) is 66.2 Å². The molecule has 0 aromatic heterocycles. The average Bonchev–Trinajstić information content (AvgIpc) is 2.67. The van der Waals surface area contributed by atoms with Crippen LogP contribution < -0.4 is 14.8 Å². The van der Waals surface area contributed by atoms with Crippen LogP contribution in [0.2, 0.25) is 0 Å². The van der Waals surface area contributed by atoms with Crippen LogP contribution in [0.1, 0.15) is 19.4 Å². The third-order valence-corrected chi connectivity index (χ3v) is 4.42. The van der Waals surface area contributed by atoms with Crippen LogP contribution in [0.25, 0.3) is 10.8 Å². The fourth-order valence-corrected chi connectivity index (χ4v) is 2.92.